The summed E-state index contributed by atoms with van der Waals surface area (Å²) in [6.07, 6.45) is 0.818. The Hall–Kier alpha value is -1.39. The van der Waals surface area contributed by atoms with E-state index in [0.29, 0.717) is 19.1 Å². The van der Waals surface area contributed by atoms with Crippen molar-refractivity contribution in [3.8, 4) is 0 Å². The van der Waals surface area contributed by atoms with Crippen molar-refractivity contribution in [3.05, 3.63) is 35.4 Å². The Labute approximate surface area is 120 Å². The summed E-state index contributed by atoms with van der Waals surface area (Å²) in [5.41, 5.74) is 2.45. The molecule has 1 amide bonds. The highest BCUT2D eigenvalue weighted by Gasteiger charge is 2.26. The first kappa shape index (κ1) is 15.0. The highest BCUT2D eigenvalue weighted by molar-refractivity contribution is 5.81. The van der Waals surface area contributed by atoms with E-state index in [1.807, 2.05) is 12.1 Å². The monoisotopic (exact) mass is 276 g/mol. The lowest BCUT2D eigenvalue weighted by molar-refractivity contribution is -0.123. The Bertz CT molecular complexity index is 460. The van der Waals surface area contributed by atoms with Gasteiger partial charge in [0.2, 0.25) is 5.91 Å². The summed E-state index contributed by atoms with van der Waals surface area (Å²) in [5, 5.41) is 6.20. The van der Waals surface area contributed by atoms with Gasteiger partial charge in [0.1, 0.15) is 0 Å². The van der Waals surface area contributed by atoms with Crippen LogP contribution in [-0.4, -0.2) is 25.6 Å². The van der Waals surface area contributed by atoms with Gasteiger partial charge in [-0.25, -0.2) is 0 Å². The van der Waals surface area contributed by atoms with Crippen LogP contribution in [0.4, 0.5) is 0 Å². The van der Waals surface area contributed by atoms with Crippen molar-refractivity contribution in [1.82, 2.24) is 10.6 Å². The average Bonchev–Trinajstić information content (AvgIpc) is 2.45. The van der Waals surface area contributed by atoms with Crippen molar-refractivity contribution < 1.29 is 9.53 Å². The fourth-order valence-corrected chi connectivity index (χ4v) is 2.66. The SMILES string of the molecule is CNC(=O)C(CC(C)C)NC1COCc2ccccc21. The maximum atomic E-state index is 12.0. The predicted molar refractivity (Wildman–Crippen MR) is 79.3 cm³/mol. The second-order valence-electron chi connectivity index (χ2n) is 5.73. The van der Waals surface area contributed by atoms with Crippen LogP contribution >= 0.6 is 0 Å². The number of nitrogens with one attached hydrogen (secondary N) is 2. The molecule has 0 saturated heterocycles. The summed E-state index contributed by atoms with van der Waals surface area (Å²) in [4.78, 5) is 12.0. The minimum absolute atomic E-state index is 0.0433. The molecular weight excluding hydrogens is 252 g/mol. The number of ether oxygens (including phenoxy) is 1. The van der Waals surface area contributed by atoms with Gasteiger partial charge in [0.15, 0.2) is 0 Å². The molecule has 0 radical (unpaired) electrons. The molecule has 110 valence electrons. The third kappa shape index (κ3) is 3.58. The molecule has 1 aromatic rings. The molecule has 1 aliphatic rings. The van der Waals surface area contributed by atoms with E-state index in [0.717, 1.165) is 6.42 Å². The zero-order valence-electron chi connectivity index (χ0n) is 12.5. The molecule has 1 heterocycles. The van der Waals surface area contributed by atoms with Crippen LogP contribution < -0.4 is 10.6 Å². The number of hydrogen-bond donors (Lipinski definition) is 2. The molecule has 0 saturated carbocycles. The first-order chi connectivity index (χ1) is 9.61. The normalized spacial score (nSPS) is 19.5. The Kier molecular flexibility index (Phi) is 5.15. The largest absolute Gasteiger partial charge is 0.375 e. The molecule has 20 heavy (non-hydrogen) atoms. The molecule has 2 rings (SSSR count). The fourth-order valence-electron chi connectivity index (χ4n) is 2.66. The highest BCUT2D eigenvalue weighted by Crippen LogP contribution is 2.25. The zero-order valence-corrected chi connectivity index (χ0v) is 12.5. The van der Waals surface area contributed by atoms with Crippen LogP contribution in [0.3, 0.4) is 0 Å². The number of carbonyl (C=O) groups is 1. The van der Waals surface area contributed by atoms with Crippen molar-refractivity contribution in [2.75, 3.05) is 13.7 Å². The Morgan fingerprint density at radius 3 is 2.85 bits per heavy atom. The quantitative estimate of drug-likeness (QED) is 0.865. The second-order valence-corrected chi connectivity index (χ2v) is 5.73. The Balaban J connectivity index is 2.13. The number of fused-ring (bicyclic) bond motifs is 1. The van der Waals surface area contributed by atoms with E-state index >= 15 is 0 Å². The van der Waals surface area contributed by atoms with Crippen molar-refractivity contribution in [2.24, 2.45) is 5.92 Å². The lowest BCUT2D eigenvalue weighted by Gasteiger charge is -2.30. The smallest absolute Gasteiger partial charge is 0.236 e. The van der Waals surface area contributed by atoms with Crippen LogP contribution in [0.15, 0.2) is 24.3 Å². The van der Waals surface area contributed by atoms with E-state index < -0.39 is 0 Å². The van der Waals surface area contributed by atoms with Gasteiger partial charge in [0.05, 0.1) is 25.3 Å². The zero-order chi connectivity index (χ0) is 14.5. The third-order valence-corrected chi connectivity index (χ3v) is 3.64. The van der Waals surface area contributed by atoms with Crippen LogP contribution in [-0.2, 0) is 16.1 Å². The van der Waals surface area contributed by atoms with Gasteiger partial charge in [-0.1, -0.05) is 38.1 Å². The molecule has 4 heteroatoms. The Morgan fingerprint density at radius 2 is 2.15 bits per heavy atom. The summed E-state index contributed by atoms with van der Waals surface area (Å²) in [6.45, 7) is 5.53. The van der Waals surface area contributed by atoms with Crippen LogP contribution in [0.1, 0.15) is 37.4 Å². The molecule has 0 aromatic heterocycles. The fraction of sp³-hybridized carbons (Fsp3) is 0.562. The van der Waals surface area contributed by atoms with Gasteiger partial charge in [0, 0.05) is 7.05 Å². The van der Waals surface area contributed by atoms with Gasteiger partial charge in [-0.2, -0.15) is 0 Å². The lowest BCUT2D eigenvalue weighted by Crippen LogP contribution is -2.47. The number of likely N-dealkylation sites (N-methyl/N-ethyl adjacent to an activating group) is 1. The maximum absolute atomic E-state index is 12.0. The van der Waals surface area contributed by atoms with Crippen molar-refractivity contribution in [3.63, 3.8) is 0 Å². The van der Waals surface area contributed by atoms with Crippen molar-refractivity contribution >= 4 is 5.91 Å². The minimum Gasteiger partial charge on any atom is -0.375 e. The first-order valence-corrected chi connectivity index (χ1v) is 7.25. The van der Waals surface area contributed by atoms with E-state index in [4.69, 9.17) is 4.74 Å². The lowest BCUT2D eigenvalue weighted by atomic mass is 9.96. The molecule has 2 N–H and O–H groups in total. The molecule has 1 aliphatic heterocycles. The van der Waals surface area contributed by atoms with E-state index in [2.05, 4.69) is 36.6 Å². The highest BCUT2D eigenvalue weighted by atomic mass is 16.5. The van der Waals surface area contributed by atoms with Gasteiger partial charge in [-0.15, -0.1) is 0 Å². The van der Waals surface area contributed by atoms with Gasteiger partial charge < -0.3 is 10.1 Å². The van der Waals surface area contributed by atoms with Crippen LogP contribution in [0, 0.1) is 5.92 Å². The van der Waals surface area contributed by atoms with E-state index in [1.165, 1.54) is 11.1 Å². The van der Waals surface area contributed by atoms with Crippen LogP contribution in [0.5, 0.6) is 0 Å². The van der Waals surface area contributed by atoms with Gasteiger partial charge >= 0.3 is 0 Å². The molecule has 0 fully saturated rings. The number of amides is 1. The summed E-state index contributed by atoms with van der Waals surface area (Å²) in [7, 11) is 1.68. The molecule has 0 aliphatic carbocycles. The second kappa shape index (κ2) is 6.86. The number of carbonyl (C=O) groups excluding carboxylic acids is 1. The standard InChI is InChI=1S/C16H24N2O2/c1-11(2)8-14(16(19)17-3)18-15-10-20-9-12-6-4-5-7-13(12)15/h4-7,11,14-15,18H,8-10H2,1-3H3,(H,17,19). The summed E-state index contributed by atoms with van der Waals surface area (Å²) >= 11 is 0. The maximum Gasteiger partial charge on any atom is 0.236 e. The molecule has 2 atom stereocenters. The Morgan fingerprint density at radius 1 is 1.40 bits per heavy atom. The molecule has 1 aromatic carbocycles. The average molecular weight is 276 g/mol. The van der Waals surface area contributed by atoms with Gasteiger partial charge in [-0.05, 0) is 23.5 Å². The summed E-state index contributed by atoms with van der Waals surface area (Å²) in [6, 6.07) is 8.16. The number of rotatable bonds is 5. The van der Waals surface area contributed by atoms with Gasteiger partial charge in [0.25, 0.3) is 0 Å². The van der Waals surface area contributed by atoms with Crippen molar-refractivity contribution in [1.29, 1.82) is 0 Å². The summed E-state index contributed by atoms with van der Waals surface area (Å²) in [5.74, 6) is 0.506. The van der Waals surface area contributed by atoms with Crippen LogP contribution in [0.25, 0.3) is 0 Å². The van der Waals surface area contributed by atoms with Crippen molar-refractivity contribution in [2.45, 2.75) is 39.0 Å². The van der Waals surface area contributed by atoms with E-state index in [-0.39, 0.29) is 18.0 Å². The number of benzene rings is 1. The number of hydrogen-bond acceptors (Lipinski definition) is 3. The summed E-state index contributed by atoms with van der Waals surface area (Å²) < 4.78 is 5.63. The first-order valence-electron chi connectivity index (χ1n) is 7.25. The minimum atomic E-state index is -0.181. The molecule has 0 bridgehead atoms. The molecule has 0 spiro atoms. The van der Waals surface area contributed by atoms with E-state index in [1.54, 1.807) is 7.05 Å². The van der Waals surface area contributed by atoms with E-state index in [9.17, 15) is 4.79 Å². The topological polar surface area (TPSA) is 50.4 Å². The molecular formula is C16H24N2O2. The van der Waals surface area contributed by atoms with Crippen LogP contribution in [0.2, 0.25) is 0 Å². The third-order valence-electron chi connectivity index (χ3n) is 3.64. The van der Waals surface area contributed by atoms with Gasteiger partial charge in [-0.3, -0.25) is 10.1 Å². The molecule has 4 nitrogen and oxygen atoms in total. The molecule has 2 unspecified atom stereocenters. The predicted octanol–water partition coefficient (Wildman–Crippen LogP) is 2.01.